The maximum Gasteiger partial charge on any atom is 0.270 e. The van der Waals surface area contributed by atoms with Crippen LogP contribution in [0.1, 0.15) is 16.3 Å². The van der Waals surface area contributed by atoms with Crippen LogP contribution < -0.4 is 5.73 Å². The molecule has 0 fully saturated rings. The molecule has 3 aromatic rings. The van der Waals surface area contributed by atoms with Crippen LogP contribution in [-0.4, -0.2) is 15.1 Å². The molecule has 0 radical (unpaired) electrons. The van der Waals surface area contributed by atoms with E-state index in [-0.39, 0.29) is 0 Å². The van der Waals surface area contributed by atoms with E-state index in [0.717, 1.165) is 21.1 Å². The molecule has 20 heavy (non-hydrogen) atoms. The van der Waals surface area contributed by atoms with Gasteiger partial charge < -0.3 is 10.3 Å². The third-order valence-corrected chi connectivity index (χ3v) is 4.11. The lowest BCUT2D eigenvalue weighted by Gasteiger charge is -1.94. The Balaban J connectivity index is 1.97. The molecule has 0 bridgehead atoms. The van der Waals surface area contributed by atoms with Crippen molar-refractivity contribution in [2.24, 2.45) is 5.73 Å². The average molecular weight is 286 g/mol. The topological polar surface area (TPSA) is 77.8 Å². The quantitative estimate of drug-likeness (QED) is 0.801. The first-order valence-corrected chi connectivity index (χ1v) is 7.06. The largest absolute Gasteiger partial charge is 0.333 e. The second kappa shape index (κ2) is 5.15. The van der Waals surface area contributed by atoms with Crippen LogP contribution in [0.15, 0.2) is 28.8 Å². The lowest BCUT2D eigenvalue weighted by molar-refractivity contribution is 0.433. The summed E-state index contributed by atoms with van der Waals surface area (Å²) in [6.45, 7) is 4.38. The minimum Gasteiger partial charge on any atom is -0.333 e. The van der Waals surface area contributed by atoms with E-state index in [0.29, 0.717) is 18.3 Å². The highest BCUT2D eigenvalue weighted by Gasteiger charge is 2.16. The summed E-state index contributed by atoms with van der Waals surface area (Å²) in [6.07, 6.45) is 0. The maximum absolute atomic E-state index is 5.60. The molecule has 0 atom stereocenters. The number of benzene rings is 1. The van der Waals surface area contributed by atoms with Gasteiger partial charge in [-0.3, -0.25) is 0 Å². The van der Waals surface area contributed by atoms with Crippen molar-refractivity contribution >= 4 is 11.3 Å². The van der Waals surface area contributed by atoms with Crippen LogP contribution in [0.25, 0.3) is 22.2 Å². The Labute approximate surface area is 120 Å². The van der Waals surface area contributed by atoms with Gasteiger partial charge in [-0.15, -0.1) is 11.3 Å². The number of rotatable bonds is 3. The molecule has 0 saturated carbocycles. The van der Waals surface area contributed by atoms with Gasteiger partial charge in [-0.2, -0.15) is 4.98 Å². The molecule has 0 unspecified atom stereocenters. The molecule has 2 aromatic heterocycles. The number of thiazole rings is 1. The molecule has 1 aromatic carbocycles. The molecule has 2 heterocycles. The first-order chi connectivity index (χ1) is 9.67. The lowest BCUT2D eigenvalue weighted by atomic mass is 10.1. The van der Waals surface area contributed by atoms with Gasteiger partial charge in [0, 0.05) is 12.1 Å². The molecule has 0 spiro atoms. The van der Waals surface area contributed by atoms with Gasteiger partial charge in [0.05, 0.1) is 5.69 Å². The first-order valence-electron chi connectivity index (χ1n) is 6.25. The SMILES string of the molecule is Cc1ccc(-c2noc(-c3sc(CN)nc3C)n2)cc1. The van der Waals surface area contributed by atoms with Crippen molar-refractivity contribution in [1.29, 1.82) is 0 Å². The van der Waals surface area contributed by atoms with Crippen LogP contribution in [0.3, 0.4) is 0 Å². The summed E-state index contributed by atoms with van der Waals surface area (Å²) in [5.41, 5.74) is 8.61. The number of hydrogen-bond acceptors (Lipinski definition) is 6. The predicted octanol–water partition coefficient (Wildman–Crippen LogP) is 2.94. The van der Waals surface area contributed by atoms with Crippen molar-refractivity contribution in [3.05, 3.63) is 40.5 Å². The summed E-state index contributed by atoms with van der Waals surface area (Å²) in [5.74, 6) is 1.08. The fourth-order valence-electron chi connectivity index (χ4n) is 1.87. The fraction of sp³-hybridized carbons (Fsp3) is 0.214. The van der Waals surface area contributed by atoms with Gasteiger partial charge in [-0.25, -0.2) is 4.98 Å². The van der Waals surface area contributed by atoms with Gasteiger partial charge in [0.2, 0.25) is 5.82 Å². The summed E-state index contributed by atoms with van der Waals surface area (Å²) in [7, 11) is 0. The van der Waals surface area contributed by atoms with Crippen molar-refractivity contribution in [3.8, 4) is 22.2 Å². The van der Waals surface area contributed by atoms with E-state index in [1.54, 1.807) is 0 Å². The minimum absolute atomic E-state index is 0.421. The average Bonchev–Trinajstić information content (AvgIpc) is 3.06. The molecule has 6 heteroatoms. The van der Waals surface area contributed by atoms with Crippen LogP contribution in [0.2, 0.25) is 0 Å². The highest BCUT2D eigenvalue weighted by Crippen LogP contribution is 2.30. The molecular formula is C14H14N4OS. The van der Waals surface area contributed by atoms with Crippen molar-refractivity contribution in [2.45, 2.75) is 20.4 Å². The second-order valence-corrected chi connectivity index (χ2v) is 5.60. The molecule has 0 amide bonds. The fourth-order valence-corrected chi connectivity index (χ4v) is 2.74. The van der Waals surface area contributed by atoms with E-state index in [1.165, 1.54) is 16.9 Å². The Hall–Kier alpha value is -2.05. The van der Waals surface area contributed by atoms with E-state index in [9.17, 15) is 0 Å². The lowest BCUT2D eigenvalue weighted by Crippen LogP contribution is -1.94. The molecular weight excluding hydrogens is 272 g/mol. The highest BCUT2D eigenvalue weighted by molar-refractivity contribution is 7.15. The normalized spacial score (nSPS) is 10.9. The predicted molar refractivity (Wildman–Crippen MR) is 78.2 cm³/mol. The Bertz CT molecular complexity index is 730. The van der Waals surface area contributed by atoms with E-state index < -0.39 is 0 Å². The standard InChI is InChI=1S/C14H14N4OS/c1-8-3-5-10(6-4-8)13-17-14(19-18-13)12-9(2)16-11(7-15)20-12/h3-6H,7,15H2,1-2H3. The molecule has 0 aliphatic rings. The number of nitrogens with zero attached hydrogens (tertiary/aromatic N) is 3. The summed E-state index contributed by atoms with van der Waals surface area (Å²) < 4.78 is 5.34. The van der Waals surface area contributed by atoms with Crippen molar-refractivity contribution < 1.29 is 4.52 Å². The number of nitrogens with two attached hydrogens (primary N) is 1. The van der Waals surface area contributed by atoms with Crippen molar-refractivity contribution in [1.82, 2.24) is 15.1 Å². The van der Waals surface area contributed by atoms with Crippen LogP contribution in [-0.2, 0) is 6.54 Å². The molecule has 102 valence electrons. The molecule has 0 aliphatic heterocycles. The third-order valence-electron chi connectivity index (χ3n) is 2.95. The summed E-state index contributed by atoms with van der Waals surface area (Å²) >= 11 is 1.49. The van der Waals surface area contributed by atoms with Crippen LogP contribution >= 0.6 is 11.3 Å². The summed E-state index contributed by atoms with van der Waals surface area (Å²) in [4.78, 5) is 9.69. The Kier molecular flexibility index (Phi) is 3.33. The van der Waals surface area contributed by atoms with Gasteiger partial charge in [0.15, 0.2) is 0 Å². The Morgan fingerprint density at radius 3 is 2.55 bits per heavy atom. The Morgan fingerprint density at radius 1 is 1.15 bits per heavy atom. The summed E-state index contributed by atoms with van der Waals surface area (Å²) in [5, 5.41) is 4.90. The zero-order valence-electron chi connectivity index (χ0n) is 11.3. The summed E-state index contributed by atoms with van der Waals surface area (Å²) in [6, 6.07) is 8.01. The van der Waals surface area contributed by atoms with Gasteiger partial charge in [-0.1, -0.05) is 35.0 Å². The molecule has 2 N–H and O–H groups in total. The van der Waals surface area contributed by atoms with Gasteiger partial charge >= 0.3 is 0 Å². The van der Waals surface area contributed by atoms with Crippen molar-refractivity contribution in [2.75, 3.05) is 0 Å². The van der Waals surface area contributed by atoms with Gasteiger partial charge in [-0.05, 0) is 13.8 Å². The zero-order valence-corrected chi connectivity index (χ0v) is 12.1. The van der Waals surface area contributed by atoms with E-state index in [1.807, 2.05) is 38.1 Å². The van der Waals surface area contributed by atoms with Gasteiger partial charge in [0.1, 0.15) is 9.88 Å². The molecule has 3 rings (SSSR count). The first kappa shape index (κ1) is 13.0. The highest BCUT2D eigenvalue weighted by atomic mass is 32.1. The van der Waals surface area contributed by atoms with E-state index in [2.05, 4.69) is 15.1 Å². The van der Waals surface area contributed by atoms with E-state index >= 15 is 0 Å². The van der Waals surface area contributed by atoms with Crippen LogP contribution in [0, 0.1) is 13.8 Å². The smallest absolute Gasteiger partial charge is 0.270 e. The van der Waals surface area contributed by atoms with Crippen LogP contribution in [0.4, 0.5) is 0 Å². The molecule has 0 aliphatic carbocycles. The third kappa shape index (κ3) is 2.35. The van der Waals surface area contributed by atoms with E-state index in [4.69, 9.17) is 10.3 Å². The van der Waals surface area contributed by atoms with Gasteiger partial charge in [0.25, 0.3) is 5.89 Å². The number of hydrogen-bond donors (Lipinski definition) is 1. The monoisotopic (exact) mass is 286 g/mol. The maximum atomic E-state index is 5.60. The minimum atomic E-state index is 0.421. The molecule has 5 nitrogen and oxygen atoms in total. The second-order valence-electron chi connectivity index (χ2n) is 4.52. The molecule has 0 saturated heterocycles. The van der Waals surface area contributed by atoms with Crippen molar-refractivity contribution in [3.63, 3.8) is 0 Å². The van der Waals surface area contributed by atoms with Crippen LogP contribution in [0.5, 0.6) is 0 Å². The number of aryl methyl sites for hydroxylation is 2. The zero-order chi connectivity index (χ0) is 14.1. The number of aromatic nitrogens is 3. The Morgan fingerprint density at radius 2 is 1.90 bits per heavy atom.